The number of nitrogens with two attached hydrogens (primary N) is 1. The molecule has 0 aliphatic rings. The van der Waals surface area contributed by atoms with Crippen molar-refractivity contribution in [1.29, 1.82) is 0 Å². The summed E-state index contributed by atoms with van der Waals surface area (Å²) in [4.78, 5) is 22.6. The van der Waals surface area contributed by atoms with Gasteiger partial charge in [-0.1, -0.05) is 133 Å². The van der Waals surface area contributed by atoms with E-state index in [2.05, 4.69) is 55.6 Å². The second-order valence-electron chi connectivity index (χ2n) is 12.9. The summed E-state index contributed by atoms with van der Waals surface area (Å²) in [5, 5.41) is 23.9. The van der Waals surface area contributed by atoms with Gasteiger partial charge in [-0.15, -0.1) is 0 Å². The summed E-state index contributed by atoms with van der Waals surface area (Å²) in [6.07, 6.45) is 37.8. The van der Waals surface area contributed by atoms with Gasteiger partial charge in [0, 0.05) is 6.54 Å². The van der Waals surface area contributed by atoms with Crippen molar-refractivity contribution in [2.24, 2.45) is 5.73 Å². The standard InChI is InChI=1S/C39H73N2O7P/c1-3-5-7-9-11-13-15-16-17-18-19-20-21-22-24-26-28-30-36(42)34-39(44)41-37(35-48-49(45,46)47-33-32-40)38(43)31-29-27-25-23-14-12-10-8-6-4-2/h6,8,14,18-19,23,29,31,36-38,42-43H,3-5,7,9-13,15-17,20-22,24-28,30,32-35,40H2,1-2H3,(H,41,44)(H,45,46)/b8-6+,19-18-,23-14+,31-29+. The molecule has 286 valence electrons. The minimum Gasteiger partial charge on any atom is -0.393 e. The number of rotatable bonds is 35. The molecular formula is C39H73N2O7P. The van der Waals surface area contributed by atoms with Gasteiger partial charge in [0.15, 0.2) is 0 Å². The van der Waals surface area contributed by atoms with Crippen molar-refractivity contribution in [1.82, 2.24) is 5.32 Å². The van der Waals surface area contributed by atoms with Crippen LogP contribution in [-0.2, 0) is 18.4 Å². The Morgan fingerprint density at radius 2 is 1.22 bits per heavy atom. The maximum absolute atomic E-state index is 12.7. The number of phosphoric ester groups is 1. The first-order chi connectivity index (χ1) is 23.8. The Bertz CT molecular complexity index is 925. The van der Waals surface area contributed by atoms with Gasteiger partial charge in [0.05, 0.1) is 37.9 Å². The Morgan fingerprint density at radius 1 is 0.714 bits per heavy atom. The number of carbonyl (C=O) groups excluding carboxylic acids is 1. The lowest BCUT2D eigenvalue weighted by Crippen LogP contribution is -2.46. The molecule has 0 radical (unpaired) electrons. The summed E-state index contributed by atoms with van der Waals surface area (Å²) in [5.74, 6) is -0.469. The van der Waals surface area contributed by atoms with E-state index in [0.717, 1.165) is 57.8 Å². The highest BCUT2D eigenvalue weighted by Gasteiger charge is 2.27. The van der Waals surface area contributed by atoms with E-state index >= 15 is 0 Å². The molecule has 4 unspecified atom stereocenters. The van der Waals surface area contributed by atoms with Crippen LogP contribution in [0.1, 0.15) is 155 Å². The van der Waals surface area contributed by atoms with Gasteiger partial charge in [-0.2, -0.15) is 0 Å². The second-order valence-corrected chi connectivity index (χ2v) is 14.4. The van der Waals surface area contributed by atoms with Gasteiger partial charge in [0.2, 0.25) is 5.91 Å². The molecule has 0 aromatic carbocycles. The Morgan fingerprint density at radius 3 is 1.80 bits per heavy atom. The third-order valence-electron chi connectivity index (χ3n) is 8.17. The van der Waals surface area contributed by atoms with Crippen LogP contribution in [0.15, 0.2) is 48.6 Å². The summed E-state index contributed by atoms with van der Waals surface area (Å²) in [6.45, 7) is 3.79. The van der Waals surface area contributed by atoms with E-state index < -0.39 is 38.6 Å². The van der Waals surface area contributed by atoms with E-state index in [0.29, 0.717) is 12.8 Å². The highest BCUT2D eigenvalue weighted by Crippen LogP contribution is 2.43. The summed E-state index contributed by atoms with van der Waals surface area (Å²) in [6, 6.07) is -1.01. The molecule has 1 amide bonds. The summed E-state index contributed by atoms with van der Waals surface area (Å²) in [7, 11) is -4.40. The maximum atomic E-state index is 12.7. The lowest BCUT2D eigenvalue weighted by Gasteiger charge is -2.24. The van der Waals surface area contributed by atoms with E-state index in [1.54, 1.807) is 12.2 Å². The van der Waals surface area contributed by atoms with Crippen LogP contribution in [0.3, 0.4) is 0 Å². The first kappa shape index (κ1) is 47.4. The topological polar surface area (TPSA) is 151 Å². The van der Waals surface area contributed by atoms with Crippen molar-refractivity contribution >= 4 is 13.7 Å². The third kappa shape index (κ3) is 33.3. The number of aliphatic hydroxyl groups excluding tert-OH is 2. The lowest BCUT2D eigenvalue weighted by atomic mass is 10.0. The van der Waals surface area contributed by atoms with Crippen LogP contribution >= 0.6 is 7.82 Å². The Labute approximate surface area is 299 Å². The average molecular weight is 713 g/mol. The van der Waals surface area contributed by atoms with Gasteiger partial charge in [0.25, 0.3) is 0 Å². The van der Waals surface area contributed by atoms with Crippen LogP contribution in [0.2, 0.25) is 0 Å². The number of hydrogen-bond donors (Lipinski definition) is 5. The van der Waals surface area contributed by atoms with Gasteiger partial charge < -0.3 is 26.2 Å². The van der Waals surface area contributed by atoms with Crippen LogP contribution in [0.5, 0.6) is 0 Å². The summed E-state index contributed by atoms with van der Waals surface area (Å²) < 4.78 is 21.9. The Balaban J connectivity index is 4.38. The van der Waals surface area contributed by atoms with E-state index in [-0.39, 0.29) is 19.6 Å². The molecule has 0 saturated heterocycles. The molecule has 49 heavy (non-hydrogen) atoms. The van der Waals surface area contributed by atoms with E-state index in [1.165, 1.54) is 64.2 Å². The number of carbonyl (C=O) groups is 1. The number of unbranched alkanes of at least 4 members (excludes halogenated alkanes) is 15. The van der Waals surface area contributed by atoms with Crippen LogP contribution in [0.4, 0.5) is 0 Å². The molecule has 0 saturated carbocycles. The van der Waals surface area contributed by atoms with Crippen LogP contribution in [0, 0.1) is 0 Å². The SMILES string of the molecule is CC/C=C/CC/C=C/CC/C=C/C(O)C(COP(=O)(O)OCCN)NC(=O)CC(O)CCCCCCC/C=C\CCCCCCCCCC. The number of amides is 1. The van der Waals surface area contributed by atoms with Gasteiger partial charge in [0.1, 0.15) is 0 Å². The minimum absolute atomic E-state index is 0.0397. The zero-order valence-electron chi connectivity index (χ0n) is 31.0. The van der Waals surface area contributed by atoms with Crippen molar-refractivity contribution in [3.63, 3.8) is 0 Å². The van der Waals surface area contributed by atoms with Gasteiger partial charge >= 0.3 is 7.82 Å². The number of nitrogens with one attached hydrogen (secondary N) is 1. The predicted octanol–water partition coefficient (Wildman–Crippen LogP) is 9.13. The molecule has 0 rings (SSSR count). The van der Waals surface area contributed by atoms with E-state index in [9.17, 15) is 24.5 Å². The van der Waals surface area contributed by atoms with Gasteiger partial charge in [-0.05, 0) is 64.2 Å². The van der Waals surface area contributed by atoms with E-state index in [4.69, 9.17) is 14.8 Å². The maximum Gasteiger partial charge on any atom is 0.472 e. The summed E-state index contributed by atoms with van der Waals surface area (Å²) >= 11 is 0. The molecular weight excluding hydrogens is 639 g/mol. The molecule has 0 spiro atoms. The number of hydrogen-bond acceptors (Lipinski definition) is 7. The highest BCUT2D eigenvalue weighted by molar-refractivity contribution is 7.47. The Kier molecular flexibility index (Phi) is 33.7. The molecule has 0 aliphatic heterocycles. The molecule has 6 N–H and O–H groups in total. The molecule has 4 atom stereocenters. The summed E-state index contributed by atoms with van der Waals surface area (Å²) in [5.41, 5.74) is 5.33. The molecule has 0 aliphatic carbocycles. The average Bonchev–Trinajstić information content (AvgIpc) is 3.07. The smallest absolute Gasteiger partial charge is 0.393 e. The van der Waals surface area contributed by atoms with Crippen LogP contribution in [0.25, 0.3) is 0 Å². The lowest BCUT2D eigenvalue weighted by molar-refractivity contribution is -0.124. The van der Waals surface area contributed by atoms with Crippen molar-refractivity contribution in [3.8, 4) is 0 Å². The number of aliphatic hydroxyl groups is 2. The van der Waals surface area contributed by atoms with E-state index in [1.807, 2.05) is 0 Å². The van der Waals surface area contributed by atoms with Crippen molar-refractivity contribution in [2.45, 2.75) is 173 Å². The first-order valence-electron chi connectivity index (χ1n) is 19.3. The Hall–Kier alpha value is -1.58. The molecule has 0 aromatic heterocycles. The molecule has 0 fully saturated rings. The quantitative estimate of drug-likeness (QED) is 0.0248. The van der Waals surface area contributed by atoms with Gasteiger partial charge in [-0.3, -0.25) is 13.8 Å². The monoisotopic (exact) mass is 713 g/mol. The minimum atomic E-state index is -4.40. The zero-order valence-corrected chi connectivity index (χ0v) is 31.9. The third-order valence-corrected chi connectivity index (χ3v) is 9.15. The van der Waals surface area contributed by atoms with Crippen molar-refractivity contribution < 1.29 is 33.5 Å². The van der Waals surface area contributed by atoms with Crippen LogP contribution < -0.4 is 11.1 Å². The molecule has 10 heteroatoms. The fourth-order valence-corrected chi connectivity index (χ4v) is 6.03. The van der Waals surface area contributed by atoms with Crippen molar-refractivity contribution in [2.75, 3.05) is 19.8 Å². The number of allylic oxidation sites excluding steroid dienone is 7. The van der Waals surface area contributed by atoms with Gasteiger partial charge in [-0.25, -0.2) is 4.57 Å². The highest BCUT2D eigenvalue weighted by atomic mass is 31.2. The number of phosphoric acid groups is 1. The van der Waals surface area contributed by atoms with Crippen molar-refractivity contribution in [3.05, 3.63) is 48.6 Å². The first-order valence-corrected chi connectivity index (χ1v) is 20.8. The fourth-order valence-electron chi connectivity index (χ4n) is 5.27. The molecule has 9 nitrogen and oxygen atoms in total. The predicted molar refractivity (Wildman–Crippen MR) is 204 cm³/mol. The largest absolute Gasteiger partial charge is 0.472 e. The molecule has 0 bridgehead atoms. The fraction of sp³-hybridized carbons (Fsp3) is 0.769. The molecule has 0 heterocycles. The second kappa shape index (κ2) is 34.9. The zero-order chi connectivity index (χ0) is 36.3. The van der Waals surface area contributed by atoms with Crippen LogP contribution in [-0.4, -0.2) is 59.0 Å². The molecule has 0 aromatic rings. The normalized spacial score (nSPS) is 15.5.